The van der Waals surface area contributed by atoms with Crippen molar-refractivity contribution in [2.75, 3.05) is 10.6 Å². The van der Waals surface area contributed by atoms with Crippen molar-refractivity contribution in [3.63, 3.8) is 0 Å². The van der Waals surface area contributed by atoms with Gasteiger partial charge in [0, 0.05) is 43.0 Å². The highest BCUT2D eigenvalue weighted by Gasteiger charge is 2.29. The van der Waals surface area contributed by atoms with Crippen molar-refractivity contribution < 1.29 is 68.7 Å². The predicted octanol–water partition coefficient (Wildman–Crippen LogP) is -0.801. The average Bonchev–Trinajstić information content (AvgIpc) is 3.19. The smallest absolute Gasteiger partial charge is 0.326 e. The Kier molecular flexibility index (Phi) is 17.2. The molecule has 3 aromatic rings. The summed E-state index contributed by atoms with van der Waals surface area (Å²) in [5.41, 5.74) is 6.64. The van der Waals surface area contributed by atoms with Crippen LogP contribution in [0.4, 0.5) is 11.6 Å². The van der Waals surface area contributed by atoms with E-state index >= 15 is 0 Å². The Labute approximate surface area is 344 Å². The number of aliphatic carboxylic acids is 5. The summed E-state index contributed by atoms with van der Waals surface area (Å²) in [6, 6.07) is 6.51. The van der Waals surface area contributed by atoms with Gasteiger partial charge in [-0.15, -0.1) is 0 Å². The number of nitrogen functional groups attached to an aromatic ring is 1. The van der Waals surface area contributed by atoms with Crippen LogP contribution in [0, 0.1) is 12.5 Å². The molecule has 0 spiro atoms. The number of nitrogens with two attached hydrogens (primary N) is 1. The first-order valence-corrected chi connectivity index (χ1v) is 18.2. The highest BCUT2D eigenvalue weighted by atomic mass is 16.4. The quantitative estimate of drug-likeness (QED) is 0.0388. The van der Waals surface area contributed by atoms with Crippen LogP contribution < -0.4 is 37.5 Å². The van der Waals surface area contributed by atoms with E-state index in [1.807, 2.05) is 0 Å². The number of hydrogen-bond donors (Lipinski definition) is 11. The SMILES string of the molecule is C#CN(Cc1ccc2nc(N)[nH]c(=O)c2c1)c1ccc(C(=O)NC(CCC(=O)O)C(=O)NC(CCC(=O)NC(CCC(=O)NC(CCC(=O)O)C(=O)O)C(=O)O)C(=O)O)cc1. The topological polar surface area (TPSA) is 378 Å². The van der Waals surface area contributed by atoms with Crippen LogP contribution in [-0.2, 0) is 44.9 Å². The minimum atomic E-state index is -1.78. The van der Waals surface area contributed by atoms with E-state index < -0.39 is 135 Å². The van der Waals surface area contributed by atoms with Gasteiger partial charge in [0.15, 0.2) is 0 Å². The van der Waals surface area contributed by atoms with Crippen LogP contribution in [0.5, 0.6) is 0 Å². The summed E-state index contributed by atoms with van der Waals surface area (Å²) in [5.74, 6) is -11.3. The maximum absolute atomic E-state index is 13.2. The van der Waals surface area contributed by atoms with Crippen LogP contribution in [-0.4, -0.2) is 113 Å². The van der Waals surface area contributed by atoms with Gasteiger partial charge in [0.2, 0.25) is 23.7 Å². The third-order valence-corrected chi connectivity index (χ3v) is 8.84. The molecule has 324 valence electrons. The molecule has 12 N–H and O–H groups in total. The van der Waals surface area contributed by atoms with Crippen LogP contribution in [0.2, 0.25) is 0 Å². The predicted molar refractivity (Wildman–Crippen MR) is 210 cm³/mol. The van der Waals surface area contributed by atoms with E-state index in [1.165, 1.54) is 29.2 Å². The van der Waals surface area contributed by atoms with Crippen LogP contribution in [0.1, 0.15) is 67.3 Å². The zero-order valence-electron chi connectivity index (χ0n) is 32.1. The Morgan fingerprint density at radius 2 is 1.18 bits per heavy atom. The average molecular weight is 851 g/mol. The van der Waals surface area contributed by atoms with Gasteiger partial charge in [-0.05, 0) is 67.6 Å². The summed E-state index contributed by atoms with van der Waals surface area (Å²) < 4.78 is 0. The lowest BCUT2D eigenvalue weighted by Crippen LogP contribution is -2.52. The molecule has 4 amide bonds. The van der Waals surface area contributed by atoms with Gasteiger partial charge in [-0.2, -0.15) is 0 Å². The molecule has 1 heterocycles. The standard InChI is InChI=1S/C38H42N8O15/c1-2-46(18-19-3-8-23-22(17-19)33(54)45-38(39)44-23)21-6-4-20(5-7-21)32(53)42-24(11-15-30(49)50)34(55)43-27(37(60)61)10-14-29(48)40-25(35(56)57)9-13-28(47)41-26(36(58)59)12-16-31(51)52/h1,3-8,17,24-27H,9-16,18H2,(H,40,48)(H,41,47)(H,42,53)(H,43,55)(H,49,50)(H,51,52)(H,56,57)(H,58,59)(H,60,61)(H3,39,44,45,54). The van der Waals surface area contributed by atoms with Gasteiger partial charge >= 0.3 is 29.8 Å². The Morgan fingerprint density at radius 1 is 0.689 bits per heavy atom. The summed E-state index contributed by atoms with van der Waals surface area (Å²) in [6.45, 7) is 0.139. The van der Waals surface area contributed by atoms with Crippen molar-refractivity contribution in [1.29, 1.82) is 0 Å². The zero-order chi connectivity index (χ0) is 45.4. The molecular formula is C38H42N8O15. The van der Waals surface area contributed by atoms with E-state index in [4.69, 9.17) is 17.3 Å². The third-order valence-electron chi connectivity index (χ3n) is 8.84. The van der Waals surface area contributed by atoms with Crippen molar-refractivity contribution in [1.82, 2.24) is 31.2 Å². The Balaban J connectivity index is 1.62. The van der Waals surface area contributed by atoms with Crippen molar-refractivity contribution in [3.05, 3.63) is 63.9 Å². The largest absolute Gasteiger partial charge is 0.481 e. The number of carboxylic acids is 5. The first-order valence-electron chi connectivity index (χ1n) is 18.2. The number of amides is 4. The number of fused-ring (bicyclic) bond motifs is 1. The number of nitrogens with zero attached hydrogens (tertiary/aromatic N) is 2. The second kappa shape index (κ2) is 22.2. The highest BCUT2D eigenvalue weighted by molar-refractivity contribution is 5.98. The van der Waals surface area contributed by atoms with Gasteiger partial charge in [-0.25, -0.2) is 19.4 Å². The first kappa shape index (κ1) is 47.3. The van der Waals surface area contributed by atoms with Gasteiger partial charge in [-0.1, -0.05) is 12.5 Å². The molecule has 0 radical (unpaired) electrons. The lowest BCUT2D eigenvalue weighted by atomic mass is 10.1. The van der Waals surface area contributed by atoms with Crippen molar-refractivity contribution in [2.24, 2.45) is 0 Å². The summed E-state index contributed by atoms with van der Waals surface area (Å²) in [7, 11) is 0. The Bertz CT molecular complexity index is 2270. The molecule has 2 aromatic carbocycles. The minimum Gasteiger partial charge on any atom is -0.481 e. The number of hydrogen-bond acceptors (Lipinski definition) is 13. The molecule has 1 aromatic heterocycles. The molecule has 61 heavy (non-hydrogen) atoms. The highest BCUT2D eigenvalue weighted by Crippen LogP contribution is 2.20. The summed E-state index contributed by atoms with van der Waals surface area (Å²) >= 11 is 0. The van der Waals surface area contributed by atoms with Crippen LogP contribution in [0.25, 0.3) is 10.9 Å². The number of carbonyl (C=O) groups is 9. The van der Waals surface area contributed by atoms with Crippen LogP contribution >= 0.6 is 0 Å². The maximum atomic E-state index is 13.2. The second-order valence-corrected chi connectivity index (χ2v) is 13.3. The molecule has 0 saturated heterocycles. The normalized spacial score (nSPS) is 12.6. The first-order chi connectivity index (χ1) is 28.8. The fourth-order valence-corrected chi connectivity index (χ4v) is 5.66. The molecule has 0 saturated carbocycles. The number of terminal acetylenes is 1. The van der Waals surface area contributed by atoms with Crippen molar-refractivity contribution >= 4 is 76.0 Å². The molecule has 0 fully saturated rings. The molecule has 0 aliphatic heterocycles. The Hall–Kier alpha value is -8.03. The molecule has 23 heteroatoms. The minimum absolute atomic E-state index is 0.00607. The summed E-state index contributed by atoms with van der Waals surface area (Å²) in [5, 5.41) is 55.4. The number of benzene rings is 2. The molecule has 4 atom stereocenters. The number of carbonyl (C=O) groups excluding carboxylic acids is 4. The van der Waals surface area contributed by atoms with E-state index in [0.29, 0.717) is 16.8 Å². The Morgan fingerprint density at radius 3 is 1.67 bits per heavy atom. The van der Waals surface area contributed by atoms with Gasteiger partial charge in [-0.3, -0.25) is 43.4 Å². The van der Waals surface area contributed by atoms with E-state index in [0.717, 1.165) is 0 Å². The zero-order valence-corrected chi connectivity index (χ0v) is 32.1. The number of H-pyrrole nitrogens is 1. The van der Waals surface area contributed by atoms with E-state index in [9.17, 15) is 68.4 Å². The lowest BCUT2D eigenvalue weighted by Gasteiger charge is -2.22. The third kappa shape index (κ3) is 15.0. The number of rotatable bonds is 24. The van der Waals surface area contributed by atoms with Gasteiger partial charge in [0.25, 0.3) is 11.5 Å². The van der Waals surface area contributed by atoms with Crippen LogP contribution in [0.3, 0.4) is 0 Å². The van der Waals surface area contributed by atoms with E-state index in [2.05, 4.69) is 37.3 Å². The monoisotopic (exact) mass is 850 g/mol. The van der Waals surface area contributed by atoms with Crippen molar-refractivity contribution in [3.8, 4) is 12.5 Å². The fraction of sp³-hybridized carbons (Fsp3) is 0.342. The van der Waals surface area contributed by atoms with Gasteiger partial charge in [0.1, 0.15) is 24.2 Å². The van der Waals surface area contributed by atoms with E-state index in [1.54, 1.807) is 18.2 Å². The van der Waals surface area contributed by atoms with Gasteiger partial charge in [0.05, 0.1) is 17.4 Å². The molecule has 4 unspecified atom stereocenters. The van der Waals surface area contributed by atoms with Crippen LogP contribution in [0.15, 0.2) is 47.3 Å². The molecule has 0 bridgehead atoms. The van der Waals surface area contributed by atoms with Gasteiger partial charge < -0.3 is 52.5 Å². The number of aromatic amines is 1. The molecule has 3 rings (SSSR count). The second-order valence-electron chi connectivity index (χ2n) is 13.3. The molecule has 23 nitrogen and oxygen atoms in total. The number of aromatic nitrogens is 2. The fourth-order valence-electron chi connectivity index (χ4n) is 5.66. The number of nitrogens with one attached hydrogen (secondary N) is 5. The summed E-state index contributed by atoms with van der Waals surface area (Å²) in [6.07, 6.45) is 1.25. The molecular weight excluding hydrogens is 808 g/mol. The number of anilines is 2. The molecule has 0 aliphatic rings. The van der Waals surface area contributed by atoms with E-state index in [-0.39, 0.29) is 23.4 Å². The number of carboxylic acid groups (broad SMARTS) is 5. The summed E-state index contributed by atoms with van der Waals surface area (Å²) in [4.78, 5) is 129. The lowest BCUT2D eigenvalue weighted by molar-refractivity contribution is -0.144. The van der Waals surface area contributed by atoms with Crippen molar-refractivity contribution in [2.45, 2.75) is 82.1 Å². The molecule has 0 aliphatic carbocycles. The maximum Gasteiger partial charge on any atom is 0.326 e.